The van der Waals surface area contributed by atoms with Crippen LogP contribution in [0, 0.1) is 5.92 Å². The summed E-state index contributed by atoms with van der Waals surface area (Å²) in [6.07, 6.45) is 0. The minimum absolute atomic E-state index is 0.0751. The third-order valence-corrected chi connectivity index (χ3v) is 3.74. The maximum atomic E-state index is 12.5. The van der Waals surface area contributed by atoms with Crippen molar-refractivity contribution < 1.29 is 19.1 Å². The van der Waals surface area contributed by atoms with Gasteiger partial charge in [-0.15, -0.1) is 0 Å². The molecule has 138 valence electrons. The van der Waals surface area contributed by atoms with E-state index >= 15 is 0 Å². The lowest BCUT2D eigenvalue weighted by Gasteiger charge is -2.22. The van der Waals surface area contributed by atoms with Gasteiger partial charge in [0.25, 0.3) is 5.91 Å². The van der Waals surface area contributed by atoms with Crippen molar-refractivity contribution in [2.24, 2.45) is 5.92 Å². The maximum Gasteiger partial charge on any atom is 0.258 e. The van der Waals surface area contributed by atoms with Gasteiger partial charge in [0.15, 0.2) is 6.61 Å². The SMILES string of the molecule is COc1ccc(NC(=O)[C@@H](NC(=O)COc2ccccc2)C(C)C)cc1. The van der Waals surface area contributed by atoms with Crippen molar-refractivity contribution in [3.05, 3.63) is 54.6 Å². The highest BCUT2D eigenvalue weighted by Crippen LogP contribution is 2.16. The van der Waals surface area contributed by atoms with E-state index in [0.29, 0.717) is 17.2 Å². The monoisotopic (exact) mass is 356 g/mol. The van der Waals surface area contributed by atoms with Crippen LogP contribution in [0.5, 0.6) is 11.5 Å². The first-order valence-electron chi connectivity index (χ1n) is 8.41. The number of anilines is 1. The number of benzene rings is 2. The third-order valence-electron chi connectivity index (χ3n) is 3.74. The summed E-state index contributed by atoms with van der Waals surface area (Å²) in [5, 5.41) is 5.53. The van der Waals surface area contributed by atoms with Gasteiger partial charge in [0.2, 0.25) is 5.91 Å². The Morgan fingerprint density at radius 1 is 0.962 bits per heavy atom. The molecule has 0 spiro atoms. The second kappa shape index (κ2) is 9.46. The predicted octanol–water partition coefficient (Wildman–Crippen LogP) is 2.85. The standard InChI is InChI=1S/C20H24N2O4/c1-14(2)19(20(24)21-15-9-11-16(25-3)12-10-15)22-18(23)13-26-17-7-5-4-6-8-17/h4-12,14,19H,13H2,1-3H3,(H,21,24)(H,22,23)/t19-/m0/s1. The highest BCUT2D eigenvalue weighted by atomic mass is 16.5. The van der Waals surface area contributed by atoms with E-state index in [-0.39, 0.29) is 24.3 Å². The molecule has 2 N–H and O–H groups in total. The average molecular weight is 356 g/mol. The number of rotatable bonds is 8. The van der Waals surface area contributed by atoms with E-state index in [9.17, 15) is 9.59 Å². The number of carbonyl (C=O) groups is 2. The highest BCUT2D eigenvalue weighted by molar-refractivity contribution is 5.97. The molecule has 2 amide bonds. The first-order chi connectivity index (χ1) is 12.5. The number of amides is 2. The zero-order valence-electron chi connectivity index (χ0n) is 15.2. The molecule has 0 fully saturated rings. The minimum atomic E-state index is -0.663. The van der Waals surface area contributed by atoms with E-state index in [1.165, 1.54) is 0 Å². The Morgan fingerprint density at radius 2 is 1.62 bits per heavy atom. The number of para-hydroxylation sites is 1. The summed E-state index contributed by atoms with van der Waals surface area (Å²) in [5.74, 6) is 0.603. The van der Waals surface area contributed by atoms with Gasteiger partial charge in [-0.25, -0.2) is 0 Å². The summed E-state index contributed by atoms with van der Waals surface area (Å²) in [5.41, 5.74) is 0.635. The molecule has 0 aliphatic rings. The molecule has 0 aliphatic carbocycles. The van der Waals surface area contributed by atoms with Crippen molar-refractivity contribution in [2.45, 2.75) is 19.9 Å². The third kappa shape index (κ3) is 5.81. The smallest absolute Gasteiger partial charge is 0.258 e. The molecule has 6 heteroatoms. The Balaban J connectivity index is 1.91. The summed E-state index contributed by atoms with van der Waals surface area (Å²) < 4.78 is 10.5. The fourth-order valence-corrected chi connectivity index (χ4v) is 2.31. The quantitative estimate of drug-likeness (QED) is 0.762. The number of nitrogens with one attached hydrogen (secondary N) is 2. The molecule has 0 aromatic heterocycles. The van der Waals surface area contributed by atoms with Crippen molar-refractivity contribution in [3.63, 3.8) is 0 Å². The Labute approximate surface area is 153 Å². The van der Waals surface area contributed by atoms with Crippen LogP contribution < -0.4 is 20.1 Å². The Morgan fingerprint density at radius 3 is 2.19 bits per heavy atom. The number of methoxy groups -OCH3 is 1. The molecule has 0 radical (unpaired) electrons. The Hall–Kier alpha value is -3.02. The van der Waals surface area contributed by atoms with Gasteiger partial charge in [-0.3, -0.25) is 9.59 Å². The van der Waals surface area contributed by atoms with Crippen molar-refractivity contribution in [1.29, 1.82) is 0 Å². The molecule has 2 rings (SSSR count). The molecule has 2 aromatic rings. The van der Waals surface area contributed by atoms with E-state index < -0.39 is 6.04 Å². The van der Waals surface area contributed by atoms with Crippen LogP contribution in [0.4, 0.5) is 5.69 Å². The molecule has 0 saturated carbocycles. The van der Waals surface area contributed by atoms with Gasteiger partial charge >= 0.3 is 0 Å². The normalized spacial score (nSPS) is 11.5. The largest absolute Gasteiger partial charge is 0.497 e. The van der Waals surface area contributed by atoms with Gasteiger partial charge in [0, 0.05) is 5.69 Å². The van der Waals surface area contributed by atoms with Crippen LogP contribution in [0.2, 0.25) is 0 Å². The average Bonchev–Trinajstić information content (AvgIpc) is 2.65. The van der Waals surface area contributed by atoms with Gasteiger partial charge in [0.1, 0.15) is 17.5 Å². The molecule has 26 heavy (non-hydrogen) atoms. The van der Waals surface area contributed by atoms with Crippen LogP contribution in [0.1, 0.15) is 13.8 Å². The second-order valence-corrected chi connectivity index (χ2v) is 6.11. The number of hydrogen-bond acceptors (Lipinski definition) is 4. The summed E-state index contributed by atoms with van der Waals surface area (Å²) in [6.45, 7) is 3.59. The van der Waals surface area contributed by atoms with E-state index in [4.69, 9.17) is 9.47 Å². The van der Waals surface area contributed by atoms with Crippen LogP contribution in [0.15, 0.2) is 54.6 Å². The van der Waals surface area contributed by atoms with Crippen molar-refractivity contribution in [3.8, 4) is 11.5 Å². The van der Waals surface area contributed by atoms with Crippen molar-refractivity contribution >= 4 is 17.5 Å². The van der Waals surface area contributed by atoms with Crippen LogP contribution in [0.3, 0.4) is 0 Å². The number of hydrogen-bond donors (Lipinski definition) is 2. The molecule has 6 nitrogen and oxygen atoms in total. The number of ether oxygens (including phenoxy) is 2. The lowest BCUT2D eigenvalue weighted by atomic mass is 10.0. The minimum Gasteiger partial charge on any atom is -0.497 e. The number of carbonyl (C=O) groups excluding carboxylic acids is 2. The van der Waals surface area contributed by atoms with Crippen molar-refractivity contribution in [2.75, 3.05) is 19.0 Å². The Bertz CT molecular complexity index is 714. The molecule has 1 atom stereocenters. The predicted molar refractivity (Wildman–Crippen MR) is 100 cm³/mol. The van der Waals surface area contributed by atoms with Gasteiger partial charge < -0.3 is 20.1 Å². The zero-order valence-corrected chi connectivity index (χ0v) is 15.2. The topological polar surface area (TPSA) is 76.7 Å². The van der Waals surface area contributed by atoms with E-state index in [0.717, 1.165) is 0 Å². The first-order valence-corrected chi connectivity index (χ1v) is 8.41. The molecule has 0 bridgehead atoms. The van der Waals surface area contributed by atoms with Gasteiger partial charge in [-0.05, 0) is 42.3 Å². The summed E-state index contributed by atoms with van der Waals surface area (Å²) in [6, 6.07) is 15.4. The molecule has 0 aliphatic heterocycles. The van der Waals surface area contributed by atoms with Crippen LogP contribution >= 0.6 is 0 Å². The lowest BCUT2D eigenvalue weighted by Crippen LogP contribution is -2.48. The summed E-state index contributed by atoms with van der Waals surface area (Å²) in [7, 11) is 1.58. The maximum absolute atomic E-state index is 12.5. The second-order valence-electron chi connectivity index (χ2n) is 6.11. The highest BCUT2D eigenvalue weighted by Gasteiger charge is 2.24. The zero-order chi connectivity index (χ0) is 18.9. The van der Waals surface area contributed by atoms with Crippen LogP contribution in [-0.2, 0) is 9.59 Å². The van der Waals surface area contributed by atoms with Gasteiger partial charge in [-0.1, -0.05) is 32.0 Å². The first kappa shape index (κ1) is 19.3. The fraction of sp³-hybridized carbons (Fsp3) is 0.300. The molecule has 0 unspecified atom stereocenters. The fourth-order valence-electron chi connectivity index (χ4n) is 2.31. The molecule has 0 heterocycles. The molecule has 0 saturated heterocycles. The molecular formula is C20H24N2O4. The molecular weight excluding hydrogens is 332 g/mol. The van der Waals surface area contributed by atoms with Crippen LogP contribution in [0.25, 0.3) is 0 Å². The lowest BCUT2D eigenvalue weighted by molar-refractivity contribution is -0.128. The van der Waals surface area contributed by atoms with Gasteiger partial charge in [-0.2, -0.15) is 0 Å². The van der Waals surface area contributed by atoms with Gasteiger partial charge in [0.05, 0.1) is 7.11 Å². The van der Waals surface area contributed by atoms with E-state index in [1.54, 1.807) is 43.5 Å². The van der Waals surface area contributed by atoms with E-state index in [2.05, 4.69) is 10.6 Å². The summed E-state index contributed by atoms with van der Waals surface area (Å²) >= 11 is 0. The van der Waals surface area contributed by atoms with E-state index in [1.807, 2.05) is 32.0 Å². The molecule has 2 aromatic carbocycles. The van der Waals surface area contributed by atoms with Crippen molar-refractivity contribution in [1.82, 2.24) is 5.32 Å². The Kier molecular flexibility index (Phi) is 7.02. The summed E-state index contributed by atoms with van der Waals surface area (Å²) in [4.78, 5) is 24.7. The van der Waals surface area contributed by atoms with Crippen LogP contribution in [-0.4, -0.2) is 31.6 Å².